The number of hydrogen-bond donors (Lipinski definition) is 3. The number of phenols is 2. The van der Waals surface area contributed by atoms with Crippen molar-refractivity contribution in [3.63, 3.8) is 0 Å². The Morgan fingerprint density at radius 1 is 1.25 bits per heavy atom. The molecular weight excluding hydrogens is 202 g/mol. The van der Waals surface area contributed by atoms with E-state index in [1.165, 1.54) is 31.7 Å². The number of rotatable bonds is 6. The molecule has 88 valence electrons. The topological polar surface area (TPSA) is 52.5 Å². The predicted molar refractivity (Wildman–Crippen MR) is 63.4 cm³/mol. The first-order valence-corrected chi connectivity index (χ1v) is 5.98. The van der Waals surface area contributed by atoms with Crippen LogP contribution in [0.1, 0.15) is 31.2 Å². The molecule has 1 saturated carbocycles. The molecule has 16 heavy (non-hydrogen) atoms. The fourth-order valence-corrected chi connectivity index (χ4v) is 1.87. The molecule has 0 unspecified atom stereocenters. The standard InChI is InChI=1S/C13H19NO2/c15-12-5-1-4-11(13(12)16)9-14-8-2-3-10-6-7-10/h1,4-5,10,14-16H,2-3,6-9H2. The lowest BCUT2D eigenvalue weighted by molar-refractivity contribution is 0.397. The smallest absolute Gasteiger partial charge is 0.161 e. The van der Waals surface area contributed by atoms with E-state index in [1.807, 2.05) is 6.07 Å². The van der Waals surface area contributed by atoms with Crippen LogP contribution in [0.3, 0.4) is 0 Å². The van der Waals surface area contributed by atoms with Crippen LogP contribution in [-0.4, -0.2) is 16.8 Å². The van der Waals surface area contributed by atoms with Gasteiger partial charge in [0.25, 0.3) is 0 Å². The minimum atomic E-state index is -0.0442. The van der Waals surface area contributed by atoms with E-state index in [4.69, 9.17) is 0 Å². The van der Waals surface area contributed by atoms with Gasteiger partial charge >= 0.3 is 0 Å². The summed E-state index contributed by atoms with van der Waals surface area (Å²) in [7, 11) is 0. The quantitative estimate of drug-likeness (QED) is 0.510. The fourth-order valence-electron chi connectivity index (χ4n) is 1.87. The van der Waals surface area contributed by atoms with Crippen molar-refractivity contribution in [2.45, 2.75) is 32.2 Å². The second-order valence-electron chi connectivity index (χ2n) is 4.55. The number of aromatic hydroxyl groups is 2. The molecule has 0 spiro atoms. The third-order valence-corrected chi connectivity index (χ3v) is 3.08. The largest absolute Gasteiger partial charge is 0.504 e. The van der Waals surface area contributed by atoms with Crippen LogP contribution in [0.5, 0.6) is 11.5 Å². The molecule has 0 saturated heterocycles. The molecule has 3 heteroatoms. The van der Waals surface area contributed by atoms with Gasteiger partial charge in [-0.2, -0.15) is 0 Å². The molecule has 1 fully saturated rings. The SMILES string of the molecule is Oc1cccc(CNCCCC2CC2)c1O. The van der Waals surface area contributed by atoms with Crippen LogP contribution in [0.25, 0.3) is 0 Å². The van der Waals surface area contributed by atoms with Crippen molar-refractivity contribution in [3.8, 4) is 11.5 Å². The molecule has 0 aliphatic heterocycles. The van der Waals surface area contributed by atoms with Gasteiger partial charge in [0.1, 0.15) is 0 Å². The first kappa shape index (κ1) is 11.3. The molecule has 0 atom stereocenters. The highest BCUT2D eigenvalue weighted by molar-refractivity contribution is 5.44. The Morgan fingerprint density at radius 3 is 2.81 bits per heavy atom. The molecule has 0 aromatic heterocycles. The Labute approximate surface area is 96.1 Å². The van der Waals surface area contributed by atoms with Gasteiger partial charge in [0.2, 0.25) is 0 Å². The third-order valence-electron chi connectivity index (χ3n) is 3.08. The van der Waals surface area contributed by atoms with Crippen LogP contribution in [0.4, 0.5) is 0 Å². The van der Waals surface area contributed by atoms with E-state index in [0.29, 0.717) is 6.54 Å². The van der Waals surface area contributed by atoms with Gasteiger partial charge in [-0.15, -0.1) is 0 Å². The van der Waals surface area contributed by atoms with E-state index >= 15 is 0 Å². The first-order chi connectivity index (χ1) is 7.77. The molecule has 0 amide bonds. The molecule has 0 radical (unpaired) electrons. The maximum absolute atomic E-state index is 9.56. The van der Waals surface area contributed by atoms with Crippen molar-refractivity contribution in [1.29, 1.82) is 0 Å². The number of benzene rings is 1. The van der Waals surface area contributed by atoms with Gasteiger partial charge in [-0.3, -0.25) is 0 Å². The van der Waals surface area contributed by atoms with Gasteiger partial charge < -0.3 is 15.5 Å². The monoisotopic (exact) mass is 221 g/mol. The molecule has 3 nitrogen and oxygen atoms in total. The minimum Gasteiger partial charge on any atom is -0.504 e. The summed E-state index contributed by atoms with van der Waals surface area (Å²) in [6, 6.07) is 5.06. The maximum Gasteiger partial charge on any atom is 0.161 e. The van der Waals surface area contributed by atoms with Crippen molar-refractivity contribution in [3.05, 3.63) is 23.8 Å². The van der Waals surface area contributed by atoms with Gasteiger partial charge in [0.05, 0.1) is 0 Å². The highest BCUT2D eigenvalue weighted by atomic mass is 16.3. The van der Waals surface area contributed by atoms with E-state index in [1.54, 1.807) is 6.07 Å². The van der Waals surface area contributed by atoms with Crippen molar-refractivity contribution in [1.82, 2.24) is 5.32 Å². The Kier molecular flexibility index (Phi) is 3.67. The molecular formula is C13H19NO2. The summed E-state index contributed by atoms with van der Waals surface area (Å²) in [5.74, 6) is 0.936. The third kappa shape index (κ3) is 3.14. The van der Waals surface area contributed by atoms with Crippen LogP contribution in [0.2, 0.25) is 0 Å². The molecule has 3 N–H and O–H groups in total. The van der Waals surface area contributed by atoms with Crippen LogP contribution >= 0.6 is 0 Å². The number of nitrogens with one attached hydrogen (secondary N) is 1. The first-order valence-electron chi connectivity index (χ1n) is 5.98. The molecule has 1 aromatic rings. The molecule has 2 rings (SSSR count). The van der Waals surface area contributed by atoms with E-state index in [0.717, 1.165) is 18.0 Å². The Balaban J connectivity index is 1.69. The fraction of sp³-hybridized carbons (Fsp3) is 0.538. The summed E-state index contributed by atoms with van der Waals surface area (Å²) < 4.78 is 0. The van der Waals surface area contributed by atoms with Crippen LogP contribution < -0.4 is 5.32 Å². The normalized spacial score (nSPS) is 15.2. The summed E-state index contributed by atoms with van der Waals surface area (Å²) in [6.45, 7) is 1.59. The molecule has 0 bridgehead atoms. The predicted octanol–water partition coefficient (Wildman–Crippen LogP) is 2.38. The highest BCUT2D eigenvalue weighted by Gasteiger charge is 2.19. The van der Waals surface area contributed by atoms with Gasteiger partial charge in [0.15, 0.2) is 11.5 Å². The van der Waals surface area contributed by atoms with Gasteiger partial charge in [-0.25, -0.2) is 0 Å². The lowest BCUT2D eigenvalue weighted by atomic mass is 10.2. The van der Waals surface area contributed by atoms with E-state index in [-0.39, 0.29) is 11.5 Å². The van der Waals surface area contributed by atoms with Crippen LogP contribution in [-0.2, 0) is 6.54 Å². The zero-order valence-corrected chi connectivity index (χ0v) is 9.45. The second kappa shape index (κ2) is 5.21. The highest BCUT2D eigenvalue weighted by Crippen LogP contribution is 2.33. The zero-order chi connectivity index (χ0) is 11.4. The number of hydrogen-bond acceptors (Lipinski definition) is 3. The average Bonchev–Trinajstić information content (AvgIpc) is 3.07. The van der Waals surface area contributed by atoms with Gasteiger partial charge in [-0.05, 0) is 31.4 Å². The summed E-state index contributed by atoms with van der Waals surface area (Å²) in [6.07, 6.45) is 5.34. The van der Waals surface area contributed by atoms with Crippen molar-refractivity contribution >= 4 is 0 Å². The van der Waals surface area contributed by atoms with E-state index in [9.17, 15) is 10.2 Å². The summed E-state index contributed by atoms with van der Waals surface area (Å²) in [4.78, 5) is 0. The summed E-state index contributed by atoms with van der Waals surface area (Å²) in [5, 5.41) is 22.2. The van der Waals surface area contributed by atoms with Crippen molar-refractivity contribution in [2.24, 2.45) is 5.92 Å². The second-order valence-corrected chi connectivity index (χ2v) is 4.55. The van der Waals surface area contributed by atoms with Gasteiger partial charge in [-0.1, -0.05) is 25.0 Å². The Bertz CT molecular complexity index is 348. The minimum absolute atomic E-state index is 0.00260. The number of phenolic OH excluding ortho intramolecular Hbond substituents is 2. The van der Waals surface area contributed by atoms with E-state index in [2.05, 4.69) is 5.32 Å². The lowest BCUT2D eigenvalue weighted by Gasteiger charge is -2.07. The summed E-state index contributed by atoms with van der Waals surface area (Å²) in [5.41, 5.74) is 0.756. The van der Waals surface area contributed by atoms with Crippen molar-refractivity contribution < 1.29 is 10.2 Å². The number of para-hydroxylation sites is 1. The van der Waals surface area contributed by atoms with Crippen LogP contribution in [0, 0.1) is 5.92 Å². The molecule has 1 aliphatic rings. The van der Waals surface area contributed by atoms with Crippen molar-refractivity contribution in [2.75, 3.05) is 6.54 Å². The molecule has 1 aliphatic carbocycles. The Hall–Kier alpha value is -1.22. The average molecular weight is 221 g/mol. The zero-order valence-electron chi connectivity index (χ0n) is 9.45. The molecule has 1 aromatic carbocycles. The molecule has 0 heterocycles. The maximum atomic E-state index is 9.56. The van der Waals surface area contributed by atoms with Crippen LogP contribution in [0.15, 0.2) is 18.2 Å². The lowest BCUT2D eigenvalue weighted by Crippen LogP contribution is -2.14. The van der Waals surface area contributed by atoms with Gasteiger partial charge in [0, 0.05) is 12.1 Å². The van der Waals surface area contributed by atoms with E-state index < -0.39 is 0 Å². The summed E-state index contributed by atoms with van der Waals surface area (Å²) >= 11 is 0. The Morgan fingerprint density at radius 2 is 2.06 bits per heavy atom.